The zero-order valence-electron chi connectivity index (χ0n) is 8.67. The fourth-order valence-electron chi connectivity index (χ4n) is 1.32. The number of H-pyrrole nitrogens is 1. The number of hydrogen-bond donors (Lipinski definition) is 2. The van der Waals surface area contributed by atoms with Crippen LogP contribution in [0.3, 0.4) is 0 Å². The van der Waals surface area contributed by atoms with Gasteiger partial charge in [0.05, 0.1) is 0 Å². The van der Waals surface area contributed by atoms with Crippen LogP contribution >= 0.6 is 0 Å². The van der Waals surface area contributed by atoms with Crippen LogP contribution in [0.1, 0.15) is 12.0 Å². The standard InChI is InChI=1S/C11H12N4O/c16-8-2-1-3-9-4-6-10(7-5-9)11-12-14-15-13-11/h1,3-7,16H,2,8H2,(H,12,13,14,15). The molecule has 0 bridgehead atoms. The van der Waals surface area contributed by atoms with E-state index < -0.39 is 0 Å². The van der Waals surface area contributed by atoms with Gasteiger partial charge in [0.2, 0.25) is 5.82 Å². The molecule has 5 heteroatoms. The van der Waals surface area contributed by atoms with Crippen LogP contribution in [-0.2, 0) is 0 Å². The summed E-state index contributed by atoms with van der Waals surface area (Å²) in [4.78, 5) is 0. The van der Waals surface area contributed by atoms with E-state index >= 15 is 0 Å². The Hall–Kier alpha value is -2.01. The molecular formula is C11H12N4O. The summed E-state index contributed by atoms with van der Waals surface area (Å²) in [5.74, 6) is 0.589. The van der Waals surface area contributed by atoms with E-state index in [1.54, 1.807) is 0 Å². The van der Waals surface area contributed by atoms with Crippen LogP contribution in [0.15, 0.2) is 30.3 Å². The van der Waals surface area contributed by atoms with Gasteiger partial charge in [-0.1, -0.05) is 36.4 Å². The molecule has 0 aliphatic heterocycles. The molecule has 0 radical (unpaired) electrons. The number of tetrazole rings is 1. The van der Waals surface area contributed by atoms with Crippen molar-refractivity contribution in [2.24, 2.45) is 0 Å². The van der Waals surface area contributed by atoms with Crippen molar-refractivity contribution in [2.45, 2.75) is 6.42 Å². The van der Waals surface area contributed by atoms with Gasteiger partial charge in [0.1, 0.15) is 0 Å². The van der Waals surface area contributed by atoms with Gasteiger partial charge in [0, 0.05) is 12.2 Å². The molecule has 1 heterocycles. The van der Waals surface area contributed by atoms with Gasteiger partial charge in [0.15, 0.2) is 0 Å². The van der Waals surface area contributed by atoms with Gasteiger partial charge >= 0.3 is 0 Å². The highest BCUT2D eigenvalue weighted by Crippen LogP contribution is 2.14. The minimum Gasteiger partial charge on any atom is -0.396 e. The van der Waals surface area contributed by atoms with Crippen LogP contribution < -0.4 is 0 Å². The summed E-state index contributed by atoms with van der Waals surface area (Å²) in [7, 11) is 0. The SMILES string of the molecule is OCCC=Cc1ccc(-c2nn[nH]n2)cc1. The molecule has 0 aliphatic rings. The predicted octanol–water partition coefficient (Wildman–Crippen LogP) is 1.26. The van der Waals surface area contributed by atoms with E-state index in [9.17, 15) is 0 Å². The Labute approximate surface area is 92.8 Å². The van der Waals surface area contributed by atoms with E-state index in [0.717, 1.165) is 11.1 Å². The highest BCUT2D eigenvalue weighted by atomic mass is 16.2. The van der Waals surface area contributed by atoms with Crippen molar-refractivity contribution in [2.75, 3.05) is 6.61 Å². The first-order valence-corrected chi connectivity index (χ1v) is 5.01. The van der Waals surface area contributed by atoms with Gasteiger partial charge in [-0.25, -0.2) is 0 Å². The molecule has 0 unspecified atom stereocenters. The average Bonchev–Trinajstić information content (AvgIpc) is 2.84. The summed E-state index contributed by atoms with van der Waals surface area (Å²) in [5, 5.41) is 22.3. The second kappa shape index (κ2) is 5.18. The predicted molar refractivity (Wildman–Crippen MR) is 60.4 cm³/mol. The molecule has 0 spiro atoms. The van der Waals surface area contributed by atoms with Gasteiger partial charge in [0.25, 0.3) is 0 Å². The van der Waals surface area contributed by atoms with Crippen molar-refractivity contribution in [1.29, 1.82) is 0 Å². The maximum atomic E-state index is 8.64. The van der Waals surface area contributed by atoms with Crippen molar-refractivity contribution in [3.63, 3.8) is 0 Å². The first-order valence-electron chi connectivity index (χ1n) is 5.01. The number of aromatic amines is 1. The monoisotopic (exact) mass is 216 g/mol. The summed E-state index contributed by atoms with van der Waals surface area (Å²) in [6, 6.07) is 7.81. The zero-order valence-corrected chi connectivity index (χ0v) is 8.67. The largest absolute Gasteiger partial charge is 0.396 e. The topological polar surface area (TPSA) is 74.7 Å². The number of aromatic nitrogens is 4. The fourth-order valence-corrected chi connectivity index (χ4v) is 1.32. The van der Waals surface area contributed by atoms with Crippen LogP contribution in [-0.4, -0.2) is 32.3 Å². The summed E-state index contributed by atoms with van der Waals surface area (Å²) < 4.78 is 0. The van der Waals surface area contributed by atoms with Gasteiger partial charge in [-0.3, -0.25) is 0 Å². The van der Waals surface area contributed by atoms with Crippen molar-refractivity contribution in [1.82, 2.24) is 20.6 Å². The van der Waals surface area contributed by atoms with Gasteiger partial charge in [-0.15, -0.1) is 10.2 Å². The van der Waals surface area contributed by atoms with Crippen LogP contribution in [0.2, 0.25) is 0 Å². The molecule has 1 aromatic heterocycles. The zero-order chi connectivity index (χ0) is 11.2. The van der Waals surface area contributed by atoms with Crippen molar-refractivity contribution >= 4 is 6.08 Å². The summed E-state index contributed by atoms with van der Waals surface area (Å²) in [5.41, 5.74) is 2.01. The average molecular weight is 216 g/mol. The number of nitrogens with one attached hydrogen (secondary N) is 1. The van der Waals surface area contributed by atoms with Crippen LogP contribution in [0.25, 0.3) is 17.5 Å². The molecular weight excluding hydrogens is 204 g/mol. The molecule has 1 aromatic carbocycles. The van der Waals surface area contributed by atoms with E-state index in [-0.39, 0.29) is 6.61 Å². The summed E-state index contributed by atoms with van der Waals surface area (Å²) in [6.07, 6.45) is 4.58. The third-order valence-electron chi connectivity index (χ3n) is 2.12. The Morgan fingerprint density at radius 3 is 2.69 bits per heavy atom. The number of aliphatic hydroxyl groups is 1. The number of aliphatic hydroxyl groups excluding tert-OH is 1. The van der Waals surface area contributed by atoms with E-state index in [4.69, 9.17) is 5.11 Å². The van der Waals surface area contributed by atoms with Crippen molar-refractivity contribution in [3.8, 4) is 11.4 Å². The molecule has 0 atom stereocenters. The smallest absolute Gasteiger partial charge is 0.204 e. The normalized spacial score (nSPS) is 11.1. The first-order chi connectivity index (χ1) is 7.90. The molecule has 0 aliphatic carbocycles. The quantitative estimate of drug-likeness (QED) is 0.806. The molecule has 2 aromatic rings. The number of rotatable bonds is 4. The Balaban J connectivity index is 2.11. The number of nitrogens with zero attached hydrogens (tertiary/aromatic N) is 3. The number of benzene rings is 1. The lowest BCUT2D eigenvalue weighted by Crippen LogP contribution is -1.81. The molecule has 16 heavy (non-hydrogen) atoms. The van der Waals surface area contributed by atoms with E-state index in [0.29, 0.717) is 12.2 Å². The van der Waals surface area contributed by atoms with Crippen molar-refractivity contribution < 1.29 is 5.11 Å². The maximum absolute atomic E-state index is 8.64. The second-order valence-electron chi connectivity index (χ2n) is 3.27. The number of hydrogen-bond acceptors (Lipinski definition) is 4. The van der Waals surface area contributed by atoms with E-state index in [2.05, 4.69) is 20.6 Å². The fraction of sp³-hybridized carbons (Fsp3) is 0.182. The molecule has 5 nitrogen and oxygen atoms in total. The Morgan fingerprint density at radius 1 is 1.25 bits per heavy atom. The third kappa shape index (κ3) is 2.52. The Bertz CT molecular complexity index is 447. The lowest BCUT2D eigenvalue weighted by molar-refractivity contribution is 0.303. The lowest BCUT2D eigenvalue weighted by atomic mass is 10.1. The van der Waals surface area contributed by atoms with Crippen LogP contribution in [0, 0.1) is 0 Å². The molecule has 2 rings (SSSR count). The Morgan fingerprint density at radius 2 is 2.06 bits per heavy atom. The highest BCUT2D eigenvalue weighted by molar-refractivity contribution is 5.59. The molecule has 0 saturated carbocycles. The van der Waals surface area contributed by atoms with Gasteiger partial charge in [-0.05, 0) is 17.2 Å². The molecule has 0 saturated heterocycles. The molecule has 0 fully saturated rings. The highest BCUT2D eigenvalue weighted by Gasteiger charge is 2.00. The minimum absolute atomic E-state index is 0.178. The summed E-state index contributed by atoms with van der Waals surface area (Å²) >= 11 is 0. The molecule has 0 amide bonds. The maximum Gasteiger partial charge on any atom is 0.204 e. The Kier molecular flexibility index (Phi) is 3.40. The van der Waals surface area contributed by atoms with E-state index in [1.807, 2.05) is 36.4 Å². The molecule has 82 valence electrons. The molecule has 2 N–H and O–H groups in total. The van der Waals surface area contributed by atoms with Crippen LogP contribution in [0.5, 0.6) is 0 Å². The third-order valence-corrected chi connectivity index (χ3v) is 2.12. The second-order valence-corrected chi connectivity index (χ2v) is 3.27. The first kappa shape index (κ1) is 10.5. The van der Waals surface area contributed by atoms with Crippen molar-refractivity contribution in [3.05, 3.63) is 35.9 Å². The van der Waals surface area contributed by atoms with Gasteiger partial charge < -0.3 is 5.11 Å². The lowest BCUT2D eigenvalue weighted by Gasteiger charge is -1.96. The minimum atomic E-state index is 0.178. The van der Waals surface area contributed by atoms with Gasteiger partial charge in [-0.2, -0.15) is 5.21 Å². The van der Waals surface area contributed by atoms with Crippen LogP contribution in [0.4, 0.5) is 0 Å². The van der Waals surface area contributed by atoms with E-state index in [1.165, 1.54) is 0 Å². The summed E-state index contributed by atoms with van der Waals surface area (Å²) in [6.45, 7) is 0.178.